The van der Waals surface area contributed by atoms with E-state index in [-0.39, 0.29) is 11.4 Å². The first-order chi connectivity index (χ1) is 13.1. The fraction of sp³-hybridized carbons (Fsp3) is 0.667. The van der Waals surface area contributed by atoms with Gasteiger partial charge in [-0.2, -0.15) is 5.26 Å². The van der Waals surface area contributed by atoms with Crippen LogP contribution in [0.3, 0.4) is 0 Å². The number of piperidine rings is 1. The Hall–Kier alpha value is -1.97. The highest BCUT2D eigenvalue weighted by atomic mass is 16.2. The maximum Gasteiger partial charge on any atom is 0.228 e. The molecule has 6 heteroatoms. The van der Waals surface area contributed by atoms with Crippen molar-refractivity contribution < 1.29 is 4.79 Å². The zero-order chi connectivity index (χ0) is 18.9. The van der Waals surface area contributed by atoms with Crippen LogP contribution in [0.1, 0.15) is 38.3 Å². The number of nitriles is 1. The molecule has 3 heterocycles. The van der Waals surface area contributed by atoms with Gasteiger partial charge in [-0.3, -0.25) is 14.7 Å². The molecule has 6 nitrogen and oxygen atoms in total. The van der Waals surface area contributed by atoms with Gasteiger partial charge in [-0.15, -0.1) is 0 Å². The molecule has 0 unspecified atom stereocenters. The monoisotopic (exact) mass is 367 g/mol. The Bertz CT molecular complexity index is 701. The van der Waals surface area contributed by atoms with Crippen molar-refractivity contribution in [3.05, 3.63) is 30.1 Å². The van der Waals surface area contributed by atoms with Crippen LogP contribution < -0.4 is 5.32 Å². The lowest BCUT2D eigenvalue weighted by atomic mass is 9.82. The molecule has 1 aromatic rings. The molecule has 27 heavy (non-hydrogen) atoms. The molecule has 3 fully saturated rings. The molecular formula is C21H29N5O. The van der Waals surface area contributed by atoms with Crippen LogP contribution in [0.2, 0.25) is 0 Å². The number of likely N-dealkylation sites (tertiary alicyclic amines) is 2. The molecule has 0 bridgehead atoms. The number of rotatable bonds is 6. The van der Waals surface area contributed by atoms with Gasteiger partial charge in [-0.1, -0.05) is 13.0 Å². The number of carbonyl (C=O) groups is 1. The Kier molecular flexibility index (Phi) is 5.16. The molecule has 2 atom stereocenters. The van der Waals surface area contributed by atoms with E-state index in [1.165, 1.54) is 6.42 Å². The summed E-state index contributed by atoms with van der Waals surface area (Å²) >= 11 is 0. The maximum absolute atomic E-state index is 12.6. The first-order valence-corrected chi connectivity index (χ1v) is 10.2. The SMILES string of the molecule is C[C@@H]1C[C@H]1NC1CCN(C2(CC#N)CN(C(=O)Cc3ccccn3)C2)CC1. The van der Waals surface area contributed by atoms with Crippen molar-refractivity contribution in [2.45, 2.75) is 56.7 Å². The normalized spacial score (nSPS) is 27.6. The van der Waals surface area contributed by atoms with Crippen molar-refractivity contribution in [1.82, 2.24) is 20.1 Å². The molecule has 3 aliphatic rings. The third-order valence-corrected chi connectivity index (χ3v) is 6.51. The number of pyridine rings is 1. The van der Waals surface area contributed by atoms with Crippen molar-refractivity contribution in [3.63, 3.8) is 0 Å². The Labute approximate surface area is 161 Å². The lowest BCUT2D eigenvalue weighted by Gasteiger charge is -2.56. The summed E-state index contributed by atoms with van der Waals surface area (Å²) in [7, 11) is 0. The van der Waals surface area contributed by atoms with E-state index in [1.807, 2.05) is 23.1 Å². The van der Waals surface area contributed by atoms with E-state index in [1.54, 1.807) is 6.20 Å². The molecule has 0 spiro atoms. The first-order valence-electron chi connectivity index (χ1n) is 10.2. The molecule has 1 aromatic heterocycles. The topological polar surface area (TPSA) is 72.3 Å². The molecule has 4 rings (SSSR count). The van der Waals surface area contributed by atoms with E-state index in [2.05, 4.69) is 28.2 Å². The van der Waals surface area contributed by atoms with Gasteiger partial charge in [-0.25, -0.2) is 0 Å². The van der Waals surface area contributed by atoms with Crippen molar-refractivity contribution >= 4 is 5.91 Å². The fourth-order valence-corrected chi connectivity index (χ4v) is 4.56. The second kappa shape index (κ2) is 7.57. The van der Waals surface area contributed by atoms with Crippen molar-refractivity contribution in [2.24, 2.45) is 5.92 Å². The summed E-state index contributed by atoms with van der Waals surface area (Å²) in [6.07, 6.45) is 6.15. The Balaban J connectivity index is 1.30. The lowest BCUT2D eigenvalue weighted by Crippen LogP contribution is -2.72. The third-order valence-electron chi connectivity index (χ3n) is 6.51. The molecule has 1 amide bonds. The van der Waals surface area contributed by atoms with Crippen LogP contribution >= 0.6 is 0 Å². The highest BCUT2D eigenvalue weighted by Crippen LogP contribution is 2.35. The minimum atomic E-state index is -0.146. The van der Waals surface area contributed by atoms with Crippen LogP contribution in [0, 0.1) is 17.2 Å². The molecule has 1 N–H and O–H groups in total. The van der Waals surface area contributed by atoms with E-state index >= 15 is 0 Å². The van der Waals surface area contributed by atoms with Crippen molar-refractivity contribution in [1.29, 1.82) is 5.26 Å². The number of hydrogen-bond donors (Lipinski definition) is 1. The van der Waals surface area contributed by atoms with Gasteiger partial charge in [0.25, 0.3) is 0 Å². The standard InChI is InChI=1S/C21H29N5O/c1-16-12-19(16)24-17-5-10-26(11-6-17)21(7-8-22)14-25(15-21)20(27)13-18-4-2-3-9-23-18/h2-4,9,16-17,19,24H,5-7,10-15H2,1H3/t16-,19-/m1/s1. The molecule has 1 saturated carbocycles. The zero-order valence-corrected chi connectivity index (χ0v) is 16.1. The largest absolute Gasteiger partial charge is 0.338 e. The molecule has 0 radical (unpaired) electrons. The van der Waals surface area contributed by atoms with Gasteiger partial charge < -0.3 is 10.2 Å². The summed E-state index contributed by atoms with van der Waals surface area (Å²) in [6, 6.07) is 9.35. The van der Waals surface area contributed by atoms with Gasteiger partial charge in [0.15, 0.2) is 0 Å². The number of hydrogen-bond acceptors (Lipinski definition) is 5. The smallest absolute Gasteiger partial charge is 0.228 e. The second-order valence-electron chi connectivity index (χ2n) is 8.55. The summed E-state index contributed by atoms with van der Waals surface area (Å²) in [5, 5.41) is 13.1. The quantitative estimate of drug-likeness (QED) is 0.826. The van der Waals surface area contributed by atoms with E-state index in [4.69, 9.17) is 0 Å². The van der Waals surface area contributed by atoms with Crippen LogP contribution in [-0.4, -0.2) is 64.5 Å². The summed E-state index contributed by atoms with van der Waals surface area (Å²) in [5.74, 6) is 0.944. The summed E-state index contributed by atoms with van der Waals surface area (Å²) in [5.41, 5.74) is 0.660. The predicted molar refractivity (Wildman–Crippen MR) is 103 cm³/mol. The van der Waals surface area contributed by atoms with Gasteiger partial charge in [0.2, 0.25) is 5.91 Å². The Morgan fingerprint density at radius 2 is 2.11 bits per heavy atom. The van der Waals surface area contributed by atoms with Gasteiger partial charge in [0.1, 0.15) is 0 Å². The maximum atomic E-state index is 12.6. The Morgan fingerprint density at radius 1 is 1.37 bits per heavy atom. The highest BCUT2D eigenvalue weighted by Gasteiger charge is 2.50. The zero-order valence-electron chi connectivity index (χ0n) is 16.1. The molecule has 2 saturated heterocycles. The van der Waals surface area contributed by atoms with E-state index < -0.39 is 0 Å². The molecule has 2 aliphatic heterocycles. The summed E-state index contributed by atoms with van der Waals surface area (Å²) in [6.45, 7) is 5.68. The second-order valence-corrected chi connectivity index (χ2v) is 8.55. The van der Waals surface area contributed by atoms with Gasteiger partial charge in [0.05, 0.1) is 24.4 Å². The van der Waals surface area contributed by atoms with E-state index in [0.717, 1.165) is 43.6 Å². The van der Waals surface area contributed by atoms with Crippen LogP contribution in [0.4, 0.5) is 0 Å². The third kappa shape index (κ3) is 3.99. The average Bonchev–Trinajstić information content (AvgIpc) is 3.34. The van der Waals surface area contributed by atoms with E-state index in [9.17, 15) is 10.1 Å². The van der Waals surface area contributed by atoms with Crippen molar-refractivity contribution in [3.8, 4) is 6.07 Å². The minimum Gasteiger partial charge on any atom is -0.338 e. The van der Waals surface area contributed by atoms with Gasteiger partial charge in [0, 0.05) is 50.2 Å². The molecule has 1 aliphatic carbocycles. The average molecular weight is 367 g/mol. The molecule has 144 valence electrons. The minimum absolute atomic E-state index is 0.113. The predicted octanol–water partition coefficient (Wildman–Crippen LogP) is 1.58. The van der Waals surface area contributed by atoms with E-state index in [0.29, 0.717) is 32.0 Å². The number of nitrogens with one attached hydrogen (secondary N) is 1. The number of carbonyl (C=O) groups excluding carboxylic acids is 1. The summed E-state index contributed by atoms with van der Waals surface area (Å²) < 4.78 is 0. The summed E-state index contributed by atoms with van der Waals surface area (Å²) in [4.78, 5) is 21.2. The molecule has 0 aromatic carbocycles. The van der Waals surface area contributed by atoms with Crippen LogP contribution in [0.15, 0.2) is 24.4 Å². The van der Waals surface area contributed by atoms with Gasteiger partial charge >= 0.3 is 0 Å². The lowest BCUT2D eigenvalue weighted by molar-refractivity contribution is -0.146. The van der Waals surface area contributed by atoms with Crippen molar-refractivity contribution in [2.75, 3.05) is 26.2 Å². The highest BCUT2D eigenvalue weighted by molar-refractivity contribution is 5.79. The van der Waals surface area contributed by atoms with Crippen LogP contribution in [0.25, 0.3) is 0 Å². The Morgan fingerprint density at radius 3 is 2.70 bits per heavy atom. The van der Waals surface area contributed by atoms with Gasteiger partial charge in [-0.05, 0) is 37.3 Å². The first kappa shape index (κ1) is 18.4. The fourth-order valence-electron chi connectivity index (χ4n) is 4.56. The number of nitrogens with zero attached hydrogens (tertiary/aromatic N) is 4. The van der Waals surface area contributed by atoms with Crippen LogP contribution in [-0.2, 0) is 11.2 Å². The molecular weight excluding hydrogens is 338 g/mol. The van der Waals surface area contributed by atoms with Crippen LogP contribution in [0.5, 0.6) is 0 Å². The number of aromatic nitrogens is 1. The number of amides is 1.